The molecule has 3 rings (SSSR count). The first-order valence-electron chi connectivity index (χ1n) is 7.50. The van der Waals surface area contributed by atoms with Crippen LogP contribution >= 0.6 is 0 Å². The SMILES string of the molecule is OCC1OC(O)C(O)C(OCc2ccc3ccccc3c2)C1O. The standard InChI is InChI=1S/C17H20O6/c18-8-13-14(19)16(15(20)17(21)23-13)22-9-10-5-6-11-3-1-2-4-12(11)7-10/h1-7,13-21H,8-9H2. The van der Waals surface area contributed by atoms with E-state index < -0.39 is 37.3 Å². The van der Waals surface area contributed by atoms with Crippen molar-refractivity contribution in [3.05, 3.63) is 48.0 Å². The Morgan fingerprint density at radius 2 is 1.70 bits per heavy atom. The van der Waals surface area contributed by atoms with Crippen molar-refractivity contribution in [1.29, 1.82) is 0 Å². The Kier molecular flexibility index (Phi) is 4.91. The zero-order valence-electron chi connectivity index (χ0n) is 12.4. The molecule has 6 nitrogen and oxygen atoms in total. The minimum atomic E-state index is -1.50. The van der Waals surface area contributed by atoms with E-state index in [1.165, 1.54) is 0 Å². The first kappa shape index (κ1) is 16.3. The number of benzene rings is 2. The molecule has 0 saturated carbocycles. The van der Waals surface area contributed by atoms with Crippen LogP contribution in [0.4, 0.5) is 0 Å². The predicted molar refractivity (Wildman–Crippen MR) is 82.5 cm³/mol. The molecule has 0 aliphatic carbocycles. The fraction of sp³-hybridized carbons (Fsp3) is 0.412. The summed E-state index contributed by atoms with van der Waals surface area (Å²) < 4.78 is 10.5. The van der Waals surface area contributed by atoms with Crippen molar-refractivity contribution in [3.8, 4) is 0 Å². The van der Waals surface area contributed by atoms with Gasteiger partial charge in [-0.1, -0.05) is 36.4 Å². The van der Waals surface area contributed by atoms with Crippen LogP contribution in [0, 0.1) is 0 Å². The van der Waals surface area contributed by atoms with Crippen molar-refractivity contribution in [3.63, 3.8) is 0 Å². The van der Waals surface area contributed by atoms with Gasteiger partial charge in [-0.3, -0.25) is 0 Å². The lowest BCUT2D eigenvalue weighted by atomic mass is 9.99. The molecule has 0 amide bonds. The average molecular weight is 320 g/mol. The molecule has 2 aromatic carbocycles. The summed E-state index contributed by atoms with van der Waals surface area (Å²) in [7, 11) is 0. The molecule has 1 heterocycles. The van der Waals surface area contributed by atoms with Gasteiger partial charge in [-0.05, 0) is 22.4 Å². The van der Waals surface area contributed by atoms with Gasteiger partial charge in [-0.15, -0.1) is 0 Å². The highest BCUT2D eigenvalue weighted by atomic mass is 16.6. The summed E-state index contributed by atoms with van der Waals surface area (Å²) in [5.41, 5.74) is 0.879. The zero-order valence-corrected chi connectivity index (χ0v) is 12.4. The molecule has 23 heavy (non-hydrogen) atoms. The lowest BCUT2D eigenvalue weighted by Crippen LogP contribution is -2.59. The predicted octanol–water partition coefficient (Wildman–Crippen LogP) is 0.156. The van der Waals surface area contributed by atoms with Crippen molar-refractivity contribution in [2.75, 3.05) is 6.61 Å². The van der Waals surface area contributed by atoms with E-state index in [0.717, 1.165) is 16.3 Å². The summed E-state index contributed by atoms with van der Waals surface area (Å²) >= 11 is 0. The second kappa shape index (κ2) is 6.92. The molecule has 5 atom stereocenters. The van der Waals surface area contributed by atoms with Crippen molar-refractivity contribution in [1.82, 2.24) is 0 Å². The normalized spacial score (nSPS) is 31.4. The van der Waals surface area contributed by atoms with E-state index >= 15 is 0 Å². The lowest BCUT2D eigenvalue weighted by molar-refractivity contribution is -0.296. The number of hydrogen-bond donors (Lipinski definition) is 4. The fourth-order valence-electron chi connectivity index (χ4n) is 2.79. The van der Waals surface area contributed by atoms with Gasteiger partial charge in [-0.25, -0.2) is 0 Å². The van der Waals surface area contributed by atoms with Crippen LogP contribution in [0.1, 0.15) is 5.56 Å². The number of aliphatic hydroxyl groups is 4. The van der Waals surface area contributed by atoms with Gasteiger partial charge in [0.15, 0.2) is 6.29 Å². The third kappa shape index (κ3) is 3.37. The van der Waals surface area contributed by atoms with Crippen LogP contribution in [0.2, 0.25) is 0 Å². The first-order valence-corrected chi connectivity index (χ1v) is 7.50. The molecular formula is C17H20O6. The van der Waals surface area contributed by atoms with Gasteiger partial charge in [0.1, 0.15) is 24.4 Å². The molecule has 0 radical (unpaired) electrons. The Labute approximate surface area is 133 Å². The number of hydrogen-bond acceptors (Lipinski definition) is 6. The van der Waals surface area contributed by atoms with Crippen molar-refractivity contribution in [2.24, 2.45) is 0 Å². The van der Waals surface area contributed by atoms with E-state index in [0.29, 0.717) is 0 Å². The summed E-state index contributed by atoms with van der Waals surface area (Å²) in [6.07, 6.45) is -6.14. The largest absolute Gasteiger partial charge is 0.394 e. The van der Waals surface area contributed by atoms with Crippen molar-refractivity contribution in [2.45, 2.75) is 37.3 Å². The van der Waals surface area contributed by atoms with Gasteiger partial charge in [0, 0.05) is 0 Å². The second-order valence-electron chi connectivity index (χ2n) is 5.69. The molecule has 2 aromatic rings. The van der Waals surface area contributed by atoms with Gasteiger partial charge in [-0.2, -0.15) is 0 Å². The van der Waals surface area contributed by atoms with Crippen LogP contribution in [0.15, 0.2) is 42.5 Å². The van der Waals surface area contributed by atoms with Gasteiger partial charge < -0.3 is 29.9 Å². The zero-order chi connectivity index (χ0) is 16.4. The maximum Gasteiger partial charge on any atom is 0.184 e. The van der Waals surface area contributed by atoms with Crippen LogP contribution in [0.25, 0.3) is 10.8 Å². The fourth-order valence-corrected chi connectivity index (χ4v) is 2.79. The Hall–Kier alpha value is -1.54. The highest BCUT2D eigenvalue weighted by molar-refractivity contribution is 5.82. The Bertz CT molecular complexity index is 660. The van der Waals surface area contributed by atoms with E-state index in [1.807, 2.05) is 42.5 Å². The monoisotopic (exact) mass is 320 g/mol. The van der Waals surface area contributed by atoms with Gasteiger partial charge in [0.25, 0.3) is 0 Å². The third-order valence-electron chi connectivity index (χ3n) is 4.10. The van der Waals surface area contributed by atoms with Crippen molar-refractivity contribution < 1.29 is 29.9 Å². The summed E-state index contributed by atoms with van der Waals surface area (Å²) in [5, 5.41) is 41.0. The van der Waals surface area contributed by atoms with E-state index in [9.17, 15) is 15.3 Å². The van der Waals surface area contributed by atoms with Crippen LogP contribution in [0.3, 0.4) is 0 Å². The summed E-state index contributed by atoms with van der Waals surface area (Å²) in [4.78, 5) is 0. The number of ether oxygens (including phenoxy) is 2. The Morgan fingerprint density at radius 3 is 2.43 bits per heavy atom. The molecule has 1 fully saturated rings. The van der Waals surface area contributed by atoms with Crippen LogP contribution in [-0.4, -0.2) is 57.7 Å². The smallest absolute Gasteiger partial charge is 0.184 e. The summed E-state index contributed by atoms with van der Waals surface area (Å²) in [6, 6.07) is 13.7. The van der Waals surface area contributed by atoms with E-state index in [4.69, 9.17) is 14.6 Å². The van der Waals surface area contributed by atoms with Crippen LogP contribution in [-0.2, 0) is 16.1 Å². The molecule has 6 heteroatoms. The molecule has 1 saturated heterocycles. The molecule has 5 unspecified atom stereocenters. The van der Waals surface area contributed by atoms with E-state index in [-0.39, 0.29) is 6.61 Å². The summed E-state index contributed by atoms with van der Waals surface area (Å²) in [6.45, 7) is -0.310. The van der Waals surface area contributed by atoms with Gasteiger partial charge >= 0.3 is 0 Å². The number of rotatable bonds is 4. The maximum atomic E-state index is 10.1. The number of fused-ring (bicyclic) bond motifs is 1. The molecule has 0 aromatic heterocycles. The van der Waals surface area contributed by atoms with E-state index in [2.05, 4.69) is 0 Å². The lowest BCUT2D eigenvalue weighted by Gasteiger charge is -2.39. The summed E-state index contributed by atoms with van der Waals surface area (Å²) in [5.74, 6) is 0. The molecule has 1 aliphatic rings. The molecule has 124 valence electrons. The average Bonchev–Trinajstić information content (AvgIpc) is 2.58. The number of aliphatic hydroxyl groups excluding tert-OH is 4. The third-order valence-corrected chi connectivity index (χ3v) is 4.10. The molecule has 1 aliphatic heterocycles. The molecule has 4 N–H and O–H groups in total. The maximum absolute atomic E-state index is 10.1. The minimum Gasteiger partial charge on any atom is -0.394 e. The highest BCUT2D eigenvalue weighted by Crippen LogP contribution is 2.24. The van der Waals surface area contributed by atoms with Crippen LogP contribution < -0.4 is 0 Å². The van der Waals surface area contributed by atoms with Gasteiger partial charge in [0.05, 0.1) is 13.2 Å². The topological polar surface area (TPSA) is 99.4 Å². The Morgan fingerprint density at radius 1 is 0.957 bits per heavy atom. The molecule has 0 bridgehead atoms. The second-order valence-corrected chi connectivity index (χ2v) is 5.69. The van der Waals surface area contributed by atoms with Crippen molar-refractivity contribution >= 4 is 10.8 Å². The highest BCUT2D eigenvalue weighted by Gasteiger charge is 2.44. The Balaban J connectivity index is 1.72. The molecular weight excluding hydrogens is 300 g/mol. The quantitative estimate of drug-likeness (QED) is 0.640. The first-order chi connectivity index (χ1) is 11.1. The van der Waals surface area contributed by atoms with Gasteiger partial charge in [0.2, 0.25) is 0 Å². The minimum absolute atomic E-state index is 0.161. The van der Waals surface area contributed by atoms with Crippen LogP contribution in [0.5, 0.6) is 0 Å². The molecule has 0 spiro atoms. The van der Waals surface area contributed by atoms with E-state index in [1.54, 1.807) is 0 Å².